The fourth-order valence-corrected chi connectivity index (χ4v) is 4.88. The summed E-state index contributed by atoms with van der Waals surface area (Å²) in [5, 5.41) is 1.84. The smallest absolute Gasteiger partial charge is 0.307 e. The maximum absolute atomic E-state index is 13.4. The molecule has 9 heteroatoms. The summed E-state index contributed by atoms with van der Waals surface area (Å²) in [5.41, 5.74) is 3.23. The molecule has 5 nitrogen and oxygen atoms in total. The van der Waals surface area contributed by atoms with Gasteiger partial charge in [0, 0.05) is 68.0 Å². The standard InChI is InChI=1S/C27H32F4N4O/c1-4-35(5-2)25(36)24-22-16-34(11-9-17(3)20(22)8-10-32-24)15-18-6-7-23(33-14-18)21-12-19(21)13-27(30,31)26(28)29/h6-8,10,14,16,19,21,26H,4-5,9,11-13,15H2,1-3H3. The van der Waals surface area contributed by atoms with Crippen molar-refractivity contribution in [2.45, 2.75) is 64.8 Å². The zero-order valence-electron chi connectivity index (χ0n) is 20.9. The van der Waals surface area contributed by atoms with Gasteiger partial charge in [-0.15, -0.1) is 0 Å². The molecule has 2 aromatic rings. The molecule has 1 aliphatic carbocycles. The SMILES string of the molecule is CCN(CC)C(=O)c1nccc2c1=CN(Cc1ccc(C3CC3CC(F)(F)C(F)F)nc1)CCC=2C. The molecule has 194 valence electrons. The fourth-order valence-electron chi connectivity index (χ4n) is 4.88. The van der Waals surface area contributed by atoms with E-state index in [4.69, 9.17) is 0 Å². The summed E-state index contributed by atoms with van der Waals surface area (Å²) in [5.74, 6) is -4.70. The molecular formula is C27H32F4N4O. The summed E-state index contributed by atoms with van der Waals surface area (Å²) >= 11 is 0. The van der Waals surface area contributed by atoms with E-state index in [1.807, 2.05) is 32.2 Å². The predicted molar refractivity (Wildman–Crippen MR) is 130 cm³/mol. The summed E-state index contributed by atoms with van der Waals surface area (Å²) in [6.45, 7) is 8.49. The van der Waals surface area contributed by atoms with Gasteiger partial charge in [0.15, 0.2) is 0 Å². The predicted octanol–water partition coefficient (Wildman–Crippen LogP) is 4.17. The van der Waals surface area contributed by atoms with Crippen molar-refractivity contribution in [3.63, 3.8) is 0 Å². The summed E-state index contributed by atoms with van der Waals surface area (Å²) in [6, 6.07) is 5.66. The van der Waals surface area contributed by atoms with Crippen LogP contribution < -0.4 is 10.4 Å². The van der Waals surface area contributed by atoms with Crippen molar-refractivity contribution in [3.05, 3.63) is 58.0 Å². The Bertz CT molecular complexity index is 1210. The van der Waals surface area contributed by atoms with Crippen molar-refractivity contribution < 1.29 is 22.4 Å². The van der Waals surface area contributed by atoms with E-state index in [0.717, 1.165) is 29.0 Å². The maximum atomic E-state index is 13.4. The number of alkyl halides is 4. The van der Waals surface area contributed by atoms with Crippen molar-refractivity contribution >= 4 is 17.7 Å². The van der Waals surface area contributed by atoms with Crippen LogP contribution in [0.1, 0.15) is 67.7 Å². The zero-order valence-corrected chi connectivity index (χ0v) is 20.9. The molecule has 2 unspecified atom stereocenters. The van der Waals surface area contributed by atoms with E-state index in [2.05, 4.69) is 21.8 Å². The Labute approximate surface area is 208 Å². The number of hydrogen-bond donors (Lipinski definition) is 0. The molecule has 1 aliphatic heterocycles. The van der Waals surface area contributed by atoms with Crippen LogP contribution >= 0.6 is 0 Å². The summed E-state index contributed by atoms with van der Waals surface area (Å²) < 4.78 is 51.7. The summed E-state index contributed by atoms with van der Waals surface area (Å²) in [7, 11) is 0. The highest BCUT2D eigenvalue weighted by molar-refractivity contribution is 5.92. The zero-order chi connectivity index (χ0) is 26.0. The lowest BCUT2D eigenvalue weighted by atomic mass is 10.1. The van der Waals surface area contributed by atoms with E-state index in [9.17, 15) is 22.4 Å². The maximum Gasteiger partial charge on any atom is 0.307 e. The Hall–Kier alpha value is -2.97. The van der Waals surface area contributed by atoms with Crippen molar-refractivity contribution in [2.24, 2.45) is 5.92 Å². The van der Waals surface area contributed by atoms with Gasteiger partial charge < -0.3 is 9.80 Å². The van der Waals surface area contributed by atoms with Crippen molar-refractivity contribution in [1.82, 2.24) is 19.8 Å². The first-order valence-electron chi connectivity index (χ1n) is 12.4. The van der Waals surface area contributed by atoms with E-state index in [0.29, 0.717) is 37.4 Å². The van der Waals surface area contributed by atoms with E-state index >= 15 is 0 Å². The van der Waals surface area contributed by atoms with Crippen LogP contribution in [-0.2, 0) is 6.54 Å². The number of carbonyl (C=O) groups is 1. The van der Waals surface area contributed by atoms with E-state index in [1.165, 1.54) is 5.57 Å². The molecule has 1 amide bonds. The van der Waals surface area contributed by atoms with Gasteiger partial charge >= 0.3 is 12.3 Å². The minimum absolute atomic E-state index is 0.0924. The number of aromatic nitrogens is 2. The van der Waals surface area contributed by atoms with Crippen LogP contribution in [-0.4, -0.2) is 57.7 Å². The third kappa shape index (κ3) is 5.55. The van der Waals surface area contributed by atoms with Gasteiger partial charge in [0.2, 0.25) is 0 Å². The van der Waals surface area contributed by atoms with E-state index in [-0.39, 0.29) is 11.8 Å². The quantitative estimate of drug-likeness (QED) is 0.481. The third-order valence-corrected chi connectivity index (χ3v) is 7.18. The molecule has 0 bridgehead atoms. The molecular weight excluding hydrogens is 472 g/mol. The molecule has 0 radical (unpaired) electrons. The minimum Gasteiger partial charge on any atom is -0.372 e. The van der Waals surface area contributed by atoms with Crippen molar-refractivity contribution in [3.8, 4) is 0 Å². The fraction of sp³-hybridized carbons (Fsp3) is 0.519. The van der Waals surface area contributed by atoms with Crippen LogP contribution in [0.15, 0.2) is 30.6 Å². The van der Waals surface area contributed by atoms with Crippen molar-refractivity contribution in [2.75, 3.05) is 19.6 Å². The van der Waals surface area contributed by atoms with Crippen LogP contribution in [0, 0.1) is 5.92 Å². The van der Waals surface area contributed by atoms with E-state index in [1.54, 1.807) is 23.4 Å². The highest BCUT2D eigenvalue weighted by atomic mass is 19.3. The number of nitrogens with zero attached hydrogens (tertiary/aromatic N) is 4. The first-order valence-corrected chi connectivity index (χ1v) is 12.4. The Balaban J connectivity index is 1.52. The Morgan fingerprint density at radius 3 is 2.58 bits per heavy atom. The summed E-state index contributed by atoms with van der Waals surface area (Å²) in [6.07, 6.45) is 2.25. The molecule has 1 saturated carbocycles. The first-order chi connectivity index (χ1) is 17.1. The topological polar surface area (TPSA) is 49.3 Å². The average Bonchev–Trinajstić information content (AvgIpc) is 3.63. The number of rotatable bonds is 9. The Morgan fingerprint density at radius 2 is 1.94 bits per heavy atom. The lowest BCUT2D eigenvalue weighted by Gasteiger charge is -2.20. The minimum atomic E-state index is -3.95. The van der Waals surface area contributed by atoms with Crippen molar-refractivity contribution in [1.29, 1.82) is 0 Å². The lowest BCUT2D eigenvalue weighted by molar-refractivity contribution is -0.136. The molecule has 0 N–H and O–H groups in total. The molecule has 2 atom stereocenters. The number of carbonyl (C=O) groups excluding carboxylic acids is 1. The first kappa shape index (κ1) is 26.1. The van der Waals surface area contributed by atoms with E-state index < -0.39 is 24.7 Å². The van der Waals surface area contributed by atoms with Gasteiger partial charge in [-0.2, -0.15) is 0 Å². The van der Waals surface area contributed by atoms with Gasteiger partial charge in [-0.3, -0.25) is 14.8 Å². The lowest BCUT2D eigenvalue weighted by Crippen LogP contribution is -2.40. The molecule has 2 aliphatic rings. The number of fused-ring (bicyclic) bond motifs is 1. The second kappa shape index (κ2) is 10.6. The normalized spacial score (nSPS) is 19.6. The van der Waals surface area contributed by atoms with Crippen LogP contribution in [0.25, 0.3) is 11.8 Å². The van der Waals surface area contributed by atoms with Gasteiger partial charge in [-0.05, 0) is 62.4 Å². The molecule has 1 fully saturated rings. The van der Waals surface area contributed by atoms with Crippen LogP contribution in [0.2, 0.25) is 0 Å². The second-order valence-electron chi connectivity index (χ2n) is 9.69. The molecule has 0 aromatic carbocycles. The summed E-state index contributed by atoms with van der Waals surface area (Å²) in [4.78, 5) is 25.9. The number of halogens is 4. The highest BCUT2D eigenvalue weighted by Gasteiger charge is 2.50. The van der Waals surface area contributed by atoms with Crippen LogP contribution in [0.5, 0.6) is 0 Å². The molecule has 0 saturated heterocycles. The Morgan fingerprint density at radius 1 is 1.19 bits per heavy atom. The third-order valence-electron chi connectivity index (χ3n) is 7.18. The number of amides is 1. The van der Waals surface area contributed by atoms with Gasteiger partial charge in [0.25, 0.3) is 5.91 Å². The van der Waals surface area contributed by atoms with Crippen LogP contribution in [0.3, 0.4) is 0 Å². The van der Waals surface area contributed by atoms with Gasteiger partial charge in [-0.25, -0.2) is 17.6 Å². The molecule has 36 heavy (non-hydrogen) atoms. The van der Waals surface area contributed by atoms with Gasteiger partial charge in [-0.1, -0.05) is 11.6 Å². The number of pyridine rings is 2. The molecule has 2 aromatic heterocycles. The van der Waals surface area contributed by atoms with Gasteiger partial charge in [0.1, 0.15) is 5.69 Å². The number of hydrogen-bond acceptors (Lipinski definition) is 4. The Kier molecular flexibility index (Phi) is 7.66. The highest BCUT2D eigenvalue weighted by Crippen LogP contribution is 2.52. The van der Waals surface area contributed by atoms with Crippen LogP contribution in [0.4, 0.5) is 17.6 Å². The largest absolute Gasteiger partial charge is 0.372 e. The monoisotopic (exact) mass is 504 g/mol. The molecule has 4 rings (SSSR count). The molecule has 0 spiro atoms. The molecule has 3 heterocycles. The second-order valence-corrected chi connectivity index (χ2v) is 9.69. The van der Waals surface area contributed by atoms with Gasteiger partial charge in [0.05, 0.1) is 0 Å². The average molecular weight is 505 g/mol.